The van der Waals surface area contributed by atoms with E-state index in [1.54, 1.807) is 18.2 Å². The number of hydrogen-bond acceptors (Lipinski definition) is 1. The van der Waals surface area contributed by atoms with Crippen LogP contribution in [0.1, 0.15) is 50.8 Å². The number of amides is 1. The van der Waals surface area contributed by atoms with E-state index in [4.69, 9.17) is 0 Å². The van der Waals surface area contributed by atoms with E-state index in [1.807, 2.05) is 35.9 Å². The molecular weight excluding hydrogens is 446 g/mol. The maximum absolute atomic E-state index is 13.5. The van der Waals surface area contributed by atoms with Gasteiger partial charge in [-0.1, -0.05) is 29.8 Å². The van der Waals surface area contributed by atoms with E-state index in [9.17, 15) is 31.1 Å². The highest BCUT2D eigenvalue weighted by Crippen LogP contribution is 2.38. The third-order valence-electron chi connectivity index (χ3n) is 5.71. The van der Waals surface area contributed by atoms with Crippen LogP contribution in [0.25, 0.3) is 0 Å². The molecule has 1 aliphatic rings. The maximum Gasteiger partial charge on any atom is 0.416 e. The van der Waals surface area contributed by atoms with Crippen LogP contribution in [-0.4, -0.2) is 21.9 Å². The first kappa shape index (κ1) is 22.9. The molecule has 4 rings (SSSR count). The smallest absolute Gasteiger partial charge is 0.349 e. The Kier molecular flexibility index (Phi) is 5.76. The van der Waals surface area contributed by atoms with Gasteiger partial charge in [0.2, 0.25) is 0 Å². The van der Waals surface area contributed by atoms with Crippen molar-refractivity contribution in [2.24, 2.45) is 0 Å². The van der Waals surface area contributed by atoms with Gasteiger partial charge in [0, 0.05) is 30.5 Å². The van der Waals surface area contributed by atoms with Crippen LogP contribution in [0.2, 0.25) is 0 Å². The van der Waals surface area contributed by atoms with Crippen molar-refractivity contribution in [3.8, 4) is 0 Å². The minimum Gasteiger partial charge on any atom is -0.349 e. The van der Waals surface area contributed by atoms with E-state index in [0.29, 0.717) is 25.1 Å². The fraction of sp³-hybridized carbons (Fsp3) is 0.292. The molecule has 3 aromatic rings. The number of carbonyl (C=O) groups is 1. The Morgan fingerprint density at radius 2 is 1.55 bits per heavy atom. The summed E-state index contributed by atoms with van der Waals surface area (Å²) in [4.78, 5) is 14.9. The molecule has 1 amide bonds. The standard InChI is InChI=1S/C24H20F6N2O/c1-15-5-2-6-16(11-15)21-20-7-3-8-31(20)9-4-10-32(21)22(33)17-12-18(23(25,26)27)14-19(13-17)24(28,29)30/h2-3,5-8,11-14,21H,4,9-10H2,1H3. The number of aromatic nitrogens is 1. The van der Waals surface area contributed by atoms with Gasteiger partial charge in [-0.15, -0.1) is 0 Å². The van der Waals surface area contributed by atoms with Crippen molar-refractivity contribution >= 4 is 5.91 Å². The fourth-order valence-corrected chi connectivity index (χ4v) is 4.23. The third kappa shape index (κ3) is 4.62. The number of aryl methyl sites for hydroxylation is 2. The summed E-state index contributed by atoms with van der Waals surface area (Å²) in [6.07, 6.45) is -7.71. The van der Waals surface area contributed by atoms with E-state index in [0.717, 1.165) is 16.8 Å². The van der Waals surface area contributed by atoms with Crippen molar-refractivity contribution in [2.75, 3.05) is 6.54 Å². The van der Waals surface area contributed by atoms with E-state index in [2.05, 4.69) is 0 Å². The van der Waals surface area contributed by atoms with E-state index in [-0.39, 0.29) is 12.6 Å². The second-order valence-electron chi connectivity index (χ2n) is 8.09. The van der Waals surface area contributed by atoms with E-state index < -0.39 is 41.0 Å². The Labute approximate surface area is 186 Å². The zero-order chi connectivity index (χ0) is 24.0. The Bertz CT molecular complexity index is 1150. The van der Waals surface area contributed by atoms with Crippen molar-refractivity contribution < 1.29 is 31.1 Å². The van der Waals surface area contributed by atoms with Crippen LogP contribution < -0.4 is 0 Å². The van der Waals surface area contributed by atoms with Gasteiger partial charge in [-0.3, -0.25) is 4.79 Å². The normalized spacial score (nSPS) is 16.9. The molecule has 0 fully saturated rings. The molecule has 0 N–H and O–H groups in total. The van der Waals surface area contributed by atoms with Crippen LogP contribution in [-0.2, 0) is 18.9 Å². The highest BCUT2D eigenvalue weighted by molar-refractivity contribution is 5.95. The first-order chi connectivity index (χ1) is 15.4. The summed E-state index contributed by atoms with van der Waals surface area (Å²) in [5.74, 6) is -0.882. The lowest BCUT2D eigenvalue weighted by atomic mass is 9.98. The molecule has 1 aromatic heterocycles. The van der Waals surface area contributed by atoms with Crippen molar-refractivity contribution in [1.29, 1.82) is 0 Å². The van der Waals surface area contributed by atoms with Crippen molar-refractivity contribution in [1.82, 2.24) is 9.47 Å². The first-order valence-corrected chi connectivity index (χ1v) is 10.3. The molecule has 33 heavy (non-hydrogen) atoms. The molecule has 174 valence electrons. The number of nitrogens with zero attached hydrogens (tertiary/aromatic N) is 2. The van der Waals surface area contributed by atoms with Crippen LogP contribution in [0, 0.1) is 6.92 Å². The predicted molar refractivity (Wildman–Crippen MR) is 110 cm³/mol. The number of halogens is 6. The molecule has 0 spiro atoms. The highest BCUT2D eigenvalue weighted by atomic mass is 19.4. The van der Waals surface area contributed by atoms with Crippen LogP contribution in [0.15, 0.2) is 60.8 Å². The van der Waals surface area contributed by atoms with Gasteiger partial charge in [0.15, 0.2) is 0 Å². The molecule has 9 heteroatoms. The lowest BCUT2D eigenvalue weighted by molar-refractivity contribution is -0.143. The number of fused-ring (bicyclic) bond motifs is 1. The Morgan fingerprint density at radius 3 is 2.15 bits per heavy atom. The molecule has 2 heterocycles. The number of benzene rings is 2. The quantitative estimate of drug-likeness (QED) is 0.398. The molecule has 0 saturated heterocycles. The molecule has 0 bridgehead atoms. The topological polar surface area (TPSA) is 25.2 Å². The van der Waals surface area contributed by atoms with Crippen molar-refractivity contribution in [3.63, 3.8) is 0 Å². The molecule has 3 nitrogen and oxygen atoms in total. The summed E-state index contributed by atoms with van der Waals surface area (Å²) in [6.45, 7) is 2.62. The largest absolute Gasteiger partial charge is 0.416 e. The van der Waals surface area contributed by atoms with Gasteiger partial charge >= 0.3 is 12.4 Å². The zero-order valence-corrected chi connectivity index (χ0v) is 17.5. The summed E-state index contributed by atoms with van der Waals surface area (Å²) in [5.41, 5.74) is -1.27. The van der Waals surface area contributed by atoms with Gasteiger partial charge in [0.25, 0.3) is 5.91 Å². The zero-order valence-electron chi connectivity index (χ0n) is 17.5. The van der Waals surface area contributed by atoms with E-state index in [1.165, 1.54) is 4.90 Å². The average molecular weight is 466 g/mol. The molecule has 1 atom stereocenters. The SMILES string of the molecule is Cc1cccc(C2c3cccn3CCCN2C(=O)c2cc(C(F)(F)F)cc(C(F)(F)F)c2)c1. The Balaban J connectivity index is 1.85. The Morgan fingerprint density at radius 1 is 0.879 bits per heavy atom. The number of hydrogen-bond donors (Lipinski definition) is 0. The summed E-state index contributed by atoms with van der Waals surface area (Å²) < 4.78 is 82.1. The minimum atomic E-state index is -5.03. The summed E-state index contributed by atoms with van der Waals surface area (Å²) in [7, 11) is 0. The summed E-state index contributed by atoms with van der Waals surface area (Å²) in [5, 5.41) is 0. The molecular formula is C24H20F6N2O. The van der Waals surface area contributed by atoms with Gasteiger partial charge in [-0.2, -0.15) is 26.3 Å². The van der Waals surface area contributed by atoms with Gasteiger partial charge in [-0.25, -0.2) is 0 Å². The van der Waals surface area contributed by atoms with Crippen LogP contribution in [0.4, 0.5) is 26.3 Å². The summed E-state index contributed by atoms with van der Waals surface area (Å²) >= 11 is 0. The fourth-order valence-electron chi connectivity index (χ4n) is 4.23. The van der Waals surface area contributed by atoms with Gasteiger partial charge in [0.05, 0.1) is 17.2 Å². The Hall–Kier alpha value is -3.23. The molecule has 1 unspecified atom stereocenters. The predicted octanol–water partition coefficient (Wildman–Crippen LogP) is 6.47. The number of carbonyl (C=O) groups excluding carboxylic acids is 1. The highest BCUT2D eigenvalue weighted by Gasteiger charge is 2.39. The van der Waals surface area contributed by atoms with Crippen LogP contribution >= 0.6 is 0 Å². The lowest BCUT2D eigenvalue weighted by Gasteiger charge is -2.31. The molecule has 0 saturated carbocycles. The first-order valence-electron chi connectivity index (χ1n) is 10.3. The van der Waals surface area contributed by atoms with Crippen LogP contribution in [0.5, 0.6) is 0 Å². The number of alkyl halides is 6. The minimum absolute atomic E-state index is 0.0302. The van der Waals surface area contributed by atoms with Crippen molar-refractivity contribution in [2.45, 2.75) is 38.3 Å². The second kappa shape index (κ2) is 8.28. The van der Waals surface area contributed by atoms with Gasteiger partial charge in [0.1, 0.15) is 0 Å². The maximum atomic E-state index is 13.5. The monoisotopic (exact) mass is 466 g/mol. The van der Waals surface area contributed by atoms with Gasteiger partial charge in [-0.05, 0) is 49.2 Å². The van der Waals surface area contributed by atoms with Crippen molar-refractivity contribution in [3.05, 3.63) is 94.3 Å². The number of rotatable bonds is 2. The van der Waals surface area contributed by atoms with E-state index >= 15 is 0 Å². The van der Waals surface area contributed by atoms with Crippen LogP contribution in [0.3, 0.4) is 0 Å². The second-order valence-corrected chi connectivity index (χ2v) is 8.09. The van der Waals surface area contributed by atoms with Gasteiger partial charge < -0.3 is 9.47 Å². The molecule has 0 aliphatic carbocycles. The third-order valence-corrected chi connectivity index (χ3v) is 5.71. The lowest BCUT2D eigenvalue weighted by Crippen LogP contribution is -2.36. The molecule has 0 radical (unpaired) electrons. The molecule has 2 aromatic carbocycles. The molecule has 1 aliphatic heterocycles. The summed E-state index contributed by atoms with van der Waals surface area (Å²) in [6, 6.07) is 11.3. The average Bonchev–Trinajstić information content (AvgIpc) is 3.11.